The van der Waals surface area contributed by atoms with Gasteiger partial charge in [0.2, 0.25) is 11.8 Å². The number of carbonyl (C=O) groups excluding carboxylic acids is 1. The average Bonchev–Trinajstić information content (AvgIpc) is 3.46. The molecule has 0 fully saturated rings. The van der Waals surface area contributed by atoms with Crippen LogP contribution in [0.25, 0.3) is 28.0 Å². The van der Waals surface area contributed by atoms with Gasteiger partial charge in [0.1, 0.15) is 17.3 Å². The second kappa shape index (κ2) is 9.96. The standard InChI is InChI=1S/C27H23N5O3/c28-26(33)24-17-20-18-32(24)15-12-29-19-34-16-8-4-2-1-3-7-13-31-14-11-22-21-9-5-6-10-23(21)30-27(35-20)25(22)31/h1-17,19,24H,18H2,(H2,28,33)/b3-1+,4-2+,13-7+,15-12+,16-8-,29-19?. The number of hydrogen-bond donors (Lipinski definition) is 1. The fraction of sp³-hybridized carbons (Fsp3) is 0.0741. The molecule has 8 nitrogen and oxygen atoms in total. The number of rotatable bonds is 1. The Kier molecular flexibility index (Phi) is 6.25. The molecule has 1 aromatic carbocycles. The van der Waals surface area contributed by atoms with Gasteiger partial charge in [0.15, 0.2) is 6.40 Å². The summed E-state index contributed by atoms with van der Waals surface area (Å²) in [5.41, 5.74) is 7.28. The molecule has 0 spiro atoms. The summed E-state index contributed by atoms with van der Waals surface area (Å²) in [6.45, 7) is 0.334. The highest BCUT2D eigenvalue weighted by atomic mass is 16.5. The van der Waals surface area contributed by atoms with Gasteiger partial charge in [-0.3, -0.25) is 4.79 Å². The third-order valence-corrected chi connectivity index (χ3v) is 5.52. The number of hydrogen-bond acceptors (Lipinski definition) is 6. The molecule has 35 heavy (non-hydrogen) atoms. The number of aromatic nitrogens is 2. The number of amides is 1. The van der Waals surface area contributed by atoms with Gasteiger partial charge in [-0.2, -0.15) is 0 Å². The Morgan fingerprint density at radius 1 is 1.00 bits per heavy atom. The maximum Gasteiger partial charge on any atom is 0.244 e. The highest BCUT2D eigenvalue weighted by Gasteiger charge is 2.29. The van der Waals surface area contributed by atoms with E-state index < -0.39 is 11.9 Å². The Labute approximate surface area is 202 Å². The smallest absolute Gasteiger partial charge is 0.244 e. The SMILES string of the molecule is NC(=O)C1C=C2CN1/C=C/N=CO\C=C/C=C/C=C/C=C/n1ccc3c4ccccc4nc(c31)O2. The van der Waals surface area contributed by atoms with Gasteiger partial charge in [-0.15, -0.1) is 0 Å². The lowest BCUT2D eigenvalue weighted by Crippen LogP contribution is -2.37. The zero-order valence-electron chi connectivity index (χ0n) is 18.8. The van der Waals surface area contributed by atoms with Gasteiger partial charge in [-0.05, 0) is 30.4 Å². The van der Waals surface area contributed by atoms with Crippen molar-refractivity contribution < 1.29 is 14.3 Å². The van der Waals surface area contributed by atoms with Gasteiger partial charge in [-0.25, -0.2) is 9.98 Å². The van der Waals surface area contributed by atoms with Crippen molar-refractivity contribution in [1.29, 1.82) is 0 Å². The fourth-order valence-corrected chi connectivity index (χ4v) is 3.95. The molecule has 0 saturated carbocycles. The topological polar surface area (TPSA) is 95.0 Å². The predicted molar refractivity (Wildman–Crippen MR) is 137 cm³/mol. The first-order chi connectivity index (χ1) is 17.2. The first-order valence-corrected chi connectivity index (χ1v) is 11.0. The van der Waals surface area contributed by atoms with E-state index in [0.29, 0.717) is 18.2 Å². The normalized spacial score (nSPS) is 22.6. The van der Waals surface area contributed by atoms with Crippen molar-refractivity contribution in [3.8, 4) is 5.88 Å². The number of carbonyl (C=O) groups is 1. The van der Waals surface area contributed by atoms with E-state index in [1.54, 1.807) is 23.3 Å². The summed E-state index contributed by atoms with van der Waals surface area (Å²) in [7, 11) is 0. The van der Waals surface area contributed by atoms with Crippen molar-refractivity contribution >= 4 is 40.3 Å². The number of benzene rings is 1. The minimum Gasteiger partial charge on any atom is -0.453 e. The van der Waals surface area contributed by atoms with Gasteiger partial charge >= 0.3 is 0 Å². The maximum absolute atomic E-state index is 12.1. The Morgan fingerprint density at radius 3 is 2.71 bits per heavy atom. The minimum atomic E-state index is -0.663. The molecule has 0 radical (unpaired) electrons. The molecule has 2 N–H and O–H groups in total. The first-order valence-electron chi connectivity index (χ1n) is 11.0. The molecule has 2 aliphatic rings. The van der Waals surface area contributed by atoms with Crippen LogP contribution in [0.5, 0.6) is 5.88 Å². The van der Waals surface area contributed by atoms with Gasteiger partial charge in [-0.1, -0.05) is 42.5 Å². The molecule has 2 bridgehead atoms. The Morgan fingerprint density at radius 2 is 1.83 bits per heavy atom. The molecule has 4 heterocycles. The van der Waals surface area contributed by atoms with Crippen molar-refractivity contribution in [3.63, 3.8) is 0 Å². The zero-order valence-corrected chi connectivity index (χ0v) is 18.8. The summed E-state index contributed by atoms with van der Waals surface area (Å²) >= 11 is 0. The van der Waals surface area contributed by atoms with Crippen LogP contribution in [0.4, 0.5) is 0 Å². The van der Waals surface area contributed by atoms with Crippen LogP contribution in [-0.4, -0.2) is 39.3 Å². The molecular weight excluding hydrogens is 442 g/mol. The molecule has 2 aromatic heterocycles. The number of allylic oxidation sites excluding steroid dienone is 6. The average molecular weight is 466 g/mol. The highest BCUT2D eigenvalue weighted by molar-refractivity contribution is 6.07. The van der Waals surface area contributed by atoms with Crippen LogP contribution in [0.1, 0.15) is 0 Å². The van der Waals surface area contributed by atoms with E-state index in [0.717, 1.165) is 21.8 Å². The number of fused-ring (bicyclic) bond motifs is 4. The van der Waals surface area contributed by atoms with Crippen LogP contribution < -0.4 is 10.5 Å². The summed E-state index contributed by atoms with van der Waals surface area (Å²) in [4.78, 5) is 22.7. The maximum atomic E-state index is 12.1. The Balaban J connectivity index is 1.61. The summed E-state index contributed by atoms with van der Waals surface area (Å²) in [6.07, 6.45) is 22.9. The third kappa shape index (κ3) is 4.77. The molecule has 8 heteroatoms. The number of nitrogens with zero attached hydrogens (tertiary/aromatic N) is 4. The largest absolute Gasteiger partial charge is 0.453 e. The molecule has 5 rings (SSSR count). The van der Waals surface area contributed by atoms with Crippen LogP contribution in [-0.2, 0) is 9.53 Å². The lowest BCUT2D eigenvalue weighted by molar-refractivity contribution is -0.120. The quantitative estimate of drug-likeness (QED) is 0.580. The number of para-hydroxylation sites is 1. The number of pyridine rings is 1. The summed E-state index contributed by atoms with van der Waals surface area (Å²) in [6, 6.07) is 9.31. The van der Waals surface area contributed by atoms with Gasteiger partial charge in [0, 0.05) is 35.6 Å². The first kappa shape index (κ1) is 22.0. The summed E-state index contributed by atoms with van der Waals surface area (Å²) in [5, 5.41) is 2.05. The minimum absolute atomic E-state index is 0.334. The molecule has 1 atom stereocenters. The van der Waals surface area contributed by atoms with Crippen molar-refractivity contribution in [2.75, 3.05) is 6.54 Å². The van der Waals surface area contributed by atoms with E-state index >= 15 is 0 Å². The number of nitrogens with two attached hydrogens (primary N) is 1. The highest BCUT2D eigenvalue weighted by Crippen LogP contribution is 2.33. The van der Waals surface area contributed by atoms with Crippen molar-refractivity contribution in [3.05, 3.63) is 103 Å². The van der Waals surface area contributed by atoms with Crippen LogP contribution in [0.3, 0.4) is 0 Å². The van der Waals surface area contributed by atoms with E-state index in [1.165, 1.54) is 18.9 Å². The monoisotopic (exact) mass is 465 g/mol. The molecule has 1 amide bonds. The Hall–Kier alpha value is -4.85. The second-order valence-corrected chi connectivity index (χ2v) is 7.80. The van der Waals surface area contributed by atoms with Crippen LogP contribution >= 0.6 is 0 Å². The lowest BCUT2D eigenvalue weighted by atomic mass is 10.1. The fourth-order valence-electron chi connectivity index (χ4n) is 3.95. The molecule has 2 aliphatic heterocycles. The van der Waals surface area contributed by atoms with Gasteiger partial charge < -0.3 is 24.7 Å². The van der Waals surface area contributed by atoms with E-state index in [9.17, 15) is 4.79 Å². The zero-order chi connectivity index (χ0) is 24.0. The molecule has 0 aliphatic carbocycles. The van der Waals surface area contributed by atoms with Crippen LogP contribution in [0.2, 0.25) is 0 Å². The van der Waals surface area contributed by atoms with Gasteiger partial charge in [0.05, 0.1) is 18.3 Å². The van der Waals surface area contributed by atoms with Crippen molar-refractivity contribution in [2.45, 2.75) is 6.04 Å². The van der Waals surface area contributed by atoms with Crippen molar-refractivity contribution in [2.24, 2.45) is 10.7 Å². The number of aliphatic imine (C=N–C) groups is 1. The molecule has 0 saturated heterocycles. The van der Waals surface area contributed by atoms with Gasteiger partial charge in [0.25, 0.3) is 0 Å². The number of ether oxygens (including phenoxy) is 2. The Bertz CT molecular complexity index is 1470. The second-order valence-electron chi connectivity index (χ2n) is 7.80. The third-order valence-electron chi connectivity index (χ3n) is 5.52. The molecule has 174 valence electrons. The van der Waals surface area contributed by atoms with E-state index in [1.807, 2.05) is 77.7 Å². The van der Waals surface area contributed by atoms with Crippen molar-refractivity contribution in [1.82, 2.24) is 14.5 Å². The molecule has 3 aromatic rings. The number of primary amides is 1. The predicted octanol–water partition coefficient (Wildman–Crippen LogP) is 4.25. The molecule has 1 unspecified atom stereocenters. The van der Waals surface area contributed by atoms with E-state index in [4.69, 9.17) is 20.2 Å². The van der Waals surface area contributed by atoms with Crippen LogP contribution in [0.15, 0.2) is 108 Å². The lowest BCUT2D eigenvalue weighted by Gasteiger charge is -2.19. The van der Waals surface area contributed by atoms with Crippen LogP contribution in [0, 0.1) is 0 Å². The van der Waals surface area contributed by atoms with E-state index in [2.05, 4.69) is 4.99 Å². The summed E-state index contributed by atoms with van der Waals surface area (Å²) < 4.78 is 13.5. The van der Waals surface area contributed by atoms with E-state index in [-0.39, 0.29) is 0 Å². The summed E-state index contributed by atoms with van der Waals surface area (Å²) in [5.74, 6) is 0.529. The molecular formula is C27H23N5O3.